The summed E-state index contributed by atoms with van der Waals surface area (Å²) in [6, 6.07) is 6.18. The summed E-state index contributed by atoms with van der Waals surface area (Å²) in [5, 5.41) is 9.07. The van der Waals surface area contributed by atoms with Gasteiger partial charge < -0.3 is 10.1 Å². The van der Waals surface area contributed by atoms with Gasteiger partial charge in [0.1, 0.15) is 0 Å². The summed E-state index contributed by atoms with van der Waals surface area (Å²) in [7, 11) is 0. The number of benzene rings is 1. The highest BCUT2D eigenvalue weighted by molar-refractivity contribution is 6.30. The molecular weight excluding hydrogens is 272 g/mol. The van der Waals surface area contributed by atoms with Crippen molar-refractivity contribution in [3.63, 3.8) is 0 Å². The lowest BCUT2D eigenvalue weighted by molar-refractivity contribution is -0.136. The van der Waals surface area contributed by atoms with E-state index in [1.165, 1.54) is 12.1 Å². The van der Waals surface area contributed by atoms with Gasteiger partial charge in [0.25, 0.3) is 5.56 Å². The average molecular weight is 281 g/mol. The number of H-pyrrole nitrogens is 1. The Morgan fingerprint density at radius 3 is 2.74 bits per heavy atom. The predicted octanol–water partition coefficient (Wildman–Crippen LogP) is 0.806. The number of aliphatic carboxylic acids is 1. The van der Waals surface area contributed by atoms with Crippen molar-refractivity contribution in [1.29, 1.82) is 0 Å². The summed E-state index contributed by atoms with van der Waals surface area (Å²) in [5.41, 5.74) is -1.05. The Balaban J connectivity index is 2.66. The number of hydrogen-bond donors (Lipinski definition) is 2. The molecule has 98 valence electrons. The van der Waals surface area contributed by atoms with Gasteiger partial charge >= 0.3 is 11.7 Å². The third-order valence-corrected chi connectivity index (χ3v) is 2.69. The first-order valence-corrected chi connectivity index (χ1v) is 5.68. The third-order valence-electron chi connectivity index (χ3n) is 2.46. The van der Waals surface area contributed by atoms with Crippen LogP contribution in [0.1, 0.15) is 5.56 Å². The standard InChI is InChI=1S/C12H9ClN2O4/c13-8-2-1-3-9(5-8)15-11(18)7(4-10(16)17)6-14-12(15)19/h1-3,5-6H,4H2,(H,14,19)(H,16,17). The number of hydrogen-bond acceptors (Lipinski definition) is 3. The van der Waals surface area contributed by atoms with Crippen LogP contribution in [-0.2, 0) is 11.2 Å². The van der Waals surface area contributed by atoms with E-state index in [1.807, 2.05) is 0 Å². The first-order valence-electron chi connectivity index (χ1n) is 5.30. The summed E-state index contributed by atoms with van der Waals surface area (Å²) in [6.45, 7) is 0. The van der Waals surface area contributed by atoms with E-state index in [4.69, 9.17) is 16.7 Å². The molecule has 0 atom stereocenters. The molecule has 6 nitrogen and oxygen atoms in total. The van der Waals surface area contributed by atoms with Crippen LogP contribution < -0.4 is 11.2 Å². The zero-order valence-corrected chi connectivity index (χ0v) is 10.3. The molecular formula is C12H9ClN2O4. The van der Waals surface area contributed by atoms with Crippen molar-refractivity contribution < 1.29 is 9.90 Å². The third kappa shape index (κ3) is 2.74. The Morgan fingerprint density at radius 2 is 2.11 bits per heavy atom. The molecule has 0 radical (unpaired) electrons. The molecule has 1 heterocycles. The minimum Gasteiger partial charge on any atom is -0.481 e. The molecule has 0 spiro atoms. The highest BCUT2D eigenvalue weighted by Gasteiger charge is 2.12. The van der Waals surface area contributed by atoms with Crippen molar-refractivity contribution in [1.82, 2.24) is 9.55 Å². The highest BCUT2D eigenvalue weighted by Crippen LogP contribution is 2.12. The van der Waals surface area contributed by atoms with E-state index >= 15 is 0 Å². The molecule has 2 aromatic rings. The molecule has 1 aromatic heterocycles. The number of rotatable bonds is 3. The van der Waals surface area contributed by atoms with E-state index in [-0.39, 0.29) is 11.3 Å². The maximum atomic E-state index is 12.1. The molecule has 0 saturated carbocycles. The molecule has 0 bridgehead atoms. The number of carboxylic acids is 1. The second kappa shape index (κ2) is 5.11. The lowest BCUT2D eigenvalue weighted by atomic mass is 10.2. The normalized spacial score (nSPS) is 10.4. The zero-order valence-electron chi connectivity index (χ0n) is 9.59. The number of halogens is 1. The Morgan fingerprint density at radius 1 is 1.37 bits per heavy atom. The van der Waals surface area contributed by atoms with E-state index in [0.717, 1.165) is 10.8 Å². The summed E-state index contributed by atoms with van der Waals surface area (Å²) < 4.78 is 0.851. The topological polar surface area (TPSA) is 92.2 Å². The molecule has 7 heteroatoms. The molecule has 19 heavy (non-hydrogen) atoms. The van der Waals surface area contributed by atoms with Crippen molar-refractivity contribution in [2.45, 2.75) is 6.42 Å². The minimum atomic E-state index is -1.15. The molecule has 1 aromatic carbocycles. The van der Waals surface area contributed by atoms with Crippen LogP contribution in [0.2, 0.25) is 5.02 Å². The Kier molecular flexibility index (Phi) is 3.52. The van der Waals surface area contributed by atoms with Crippen LogP contribution in [0.15, 0.2) is 40.1 Å². The fraction of sp³-hybridized carbons (Fsp3) is 0.0833. The number of nitrogens with one attached hydrogen (secondary N) is 1. The molecule has 0 fully saturated rings. The van der Waals surface area contributed by atoms with Gasteiger partial charge in [-0.2, -0.15) is 0 Å². The van der Waals surface area contributed by atoms with Crippen LogP contribution in [-0.4, -0.2) is 20.6 Å². The second-order valence-corrected chi connectivity index (χ2v) is 4.25. The maximum Gasteiger partial charge on any atom is 0.333 e. The molecule has 2 N–H and O–H groups in total. The summed E-state index contributed by atoms with van der Waals surface area (Å²) in [6.07, 6.45) is 0.649. The Bertz CT molecular complexity index is 748. The largest absolute Gasteiger partial charge is 0.481 e. The van der Waals surface area contributed by atoms with E-state index in [2.05, 4.69) is 4.98 Å². The van der Waals surface area contributed by atoms with Crippen LogP contribution >= 0.6 is 11.6 Å². The van der Waals surface area contributed by atoms with Gasteiger partial charge in [-0.3, -0.25) is 9.59 Å². The van der Waals surface area contributed by atoms with Crippen molar-refractivity contribution >= 4 is 17.6 Å². The number of carboxylic acid groups (broad SMARTS) is 1. The Hall–Kier alpha value is -2.34. The predicted molar refractivity (Wildman–Crippen MR) is 69.0 cm³/mol. The first kappa shape index (κ1) is 13.1. The van der Waals surface area contributed by atoms with Crippen molar-refractivity contribution in [3.05, 3.63) is 61.9 Å². The van der Waals surface area contributed by atoms with Crippen molar-refractivity contribution in [3.8, 4) is 5.69 Å². The van der Waals surface area contributed by atoms with Crippen LogP contribution in [0.5, 0.6) is 0 Å². The van der Waals surface area contributed by atoms with Crippen molar-refractivity contribution in [2.24, 2.45) is 0 Å². The van der Waals surface area contributed by atoms with Gasteiger partial charge in [-0.05, 0) is 18.2 Å². The maximum absolute atomic E-state index is 12.1. The second-order valence-electron chi connectivity index (χ2n) is 3.81. The van der Waals surface area contributed by atoms with E-state index < -0.39 is 23.6 Å². The summed E-state index contributed by atoms with van der Waals surface area (Å²) in [5.74, 6) is -1.15. The number of nitrogens with zero attached hydrogens (tertiary/aromatic N) is 1. The lowest BCUT2D eigenvalue weighted by Gasteiger charge is -2.06. The smallest absolute Gasteiger partial charge is 0.333 e. The zero-order chi connectivity index (χ0) is 14.0. The minimum absolute atomic E-state index is 0.00734. The monoisotopic (exact) mass is 280 g/mol. The number of aromatic amines is 1. The highest BCUT2D eigenvalue weighted by atomic mass is 35.5. The van der Waals surface area contributed by atoms with Gasteiger partial charge in [0.2, 0.25) is 0 Å². The van der Waals surface area contributed by atoms with E-state index in [9.17, 15) is 14.4 Å². The molecule has 0 aliphatic heterocycles. The molecule has 0 unspecified atom stereocenters. The number of aromatic nitrogens is 2. The fourth-order valence-corrected chi connectivity index (χ4v) is 1.83. The SMILES string of the molecule is O=C(O)Cc1c[nH]c(=O)n(-c2cccc(Cl)c2)c1=O. The molecule has 2 rings (SSSR count). The molecule has 0 saturated heterocycles. The molecule has 0 aliphatic carbocycles. The van der Waals surface area contributed by atoms with Gasteiger partial charge in [-0.15, -0.1) is 0 Å². The van der Waals surface area contributed by atoms with Gasteiger partial charge in [-0.1, -0.05) is 17.7 Å². The van der Waals surface area contributed by atoms with Crippen LogP contribution in [0.25, 0.3) is 5.69 Å². The first-order chi connectivity index (χ1) is 8.99. The van der Waals surface area contributed by atoms with Crippen LogP contribution in [0.4, 0.5) is 0 Å². The molecule has 0 amide bonds. The van der Waals surface area contributed by atoms with E-state index in [1.54, 1.807) is 12.1 Å². The average Bonchev–Trinajstić information content (AvgIpc) is 2.33. The van der Waals surface area contributed by atoms with Gasteiger partial charge in [0, 0.05) is 16.8 Å². The van der Waals surface area contributed by atoms with Gasteiger partial charge in [-0.25, -0.2) is 9.36 Å². The number of carbonyl (C=O) groups is 1. The lowest BCUT2D eigenvalue weighted by Crippen LogP contribution is -2.36. The van der Waals surface area contributed by atoms with Gasteiger partial charge in [0.15, 0.2) is 0 Å². The van der Waals surface area contributed by atoms with Crippen molar-refractivity contribution in [2.75, 3.05) is 0 Å². The Labute approximate surface area is 111 Å². The van der Waals surface area contributed by atoms with Crippen LogP contribution in [0, 0.1) is 0 Å². The fourth-order valence-electron chi connectivity index (χ4n) is 1.65. The summed E-state index contributed by atoms with van der Waals surface area (Å²) in [4.78, 5) is 36.8. The van der Waals surface area contributed by atoms with E-state index in [0.29, 0.717) is 5.02 Å². The molecule has 0 aliphatic rings. The quantitative estimate of drug-likeness (QED) is 0.870. The van der Waals surface area contributed by atoms with Gasteiger partial charge in [0.05, 0.1) is 12.1 Å². The van der Waals surface area contributed by atoms with Crippen LogP contribution in [0.3, 0.4) is 0 Å². The summed E-state index contributed by atoms with van der Waals surface area (Å²) >= 11 is 5.80.